The van der Waals surface area contributed by atoms with E-state index in [1.807, 2.05) is 20.8 Å². The van der Waals surface area contributed by atoms with Crippen LogP contribution in [0.25, 0.3) is 6.08 Å². The Morgan fingerprint density at radius 2 is 1.97 bits per heavy atom. The highest BCUT2D eigenvalue weighted by atomic mass is 35.5. The number of amides is 3. The molecule has 0 bridgehead atoms. The molecule has 158 valence electrons. The molecule has 0 unspecified atom stereocenters. The van der Waals surface area contributed by atoms with Gasteiger partial charge in [0.05, 0.1) is 24.3 Å². The number of halogens is 2. The van der Waals surface area contributed by atoms with Gasteiger partial charge in [0, 0.05) is 5.56 Å². The maximum absolute atomic E-state index is 13.9. The van der Waals surface area contributed by atoms with Crippen molar-refractivity contribution in [1.29, 1.82) is 0 Å². The fraction of sp³-hybridized carbons (Fsp3) is 0.273. The Morgan fingerprint density at radius 3 is 2.63 bits per heavy atom. The number of nitrogens with zero attached hydrogens (tertiary/aromatic N) is 1. The Morgan fingerprint density at radius 1 is 1.23 bits per heavy atom. The van der Waals surface area contributed by atoms with Crippen LogP contribution in [0.5, 0.6) is 11.5 Å². The van der Waals surface area contributed by atoms with Crippen LogP contribution in [-0.4, -0.2) is 29.5 Å². The van der Waals surface area contributed by atoms with E-state index in [9.17, 15) is 14.0 Å². The van der Waals surface area contributed by atoms with Crippen LogP contribution in [0.2, 0.25) is 5.02 Å². The van der Waals surface area contributed by atoms with E-state index in [1.54, 1.807) is 24.3 Å². The van der Waals surface area contributed by atoms with Crippen LogP contribution in [0.3, 0.4) is 0 Å². The lowest BCUT2D eigenvalue weighted by Crippen LogP contribution is -2.30. The molecule has 3 rings (SSSR count). The molecular formula is C22H22ClFN2O4. The van der Waals surface area contributed by atoms with Crippen molar-refractivity contribution in [2.45, 2.75) is 33.4 Å². The summed E-state index contributed by atoms with van der Waals surface area (Å²) in [6, 6.07) is 8.67. The first-order chi connectivity index (χ1) is 14.3. The Hall–Kier alpha value is -3.06. The van der Waals surface area contributed by atoms with Gasteiger partial charge in [0.15, 0.2) is 11.5 Å². The van der Waals surface area contributed by atoms with Gasteiger partial charge in [-0.25, -0.2) is 9.18 Å². The van der Waals surface area contributed by atoms with Crippen molar-refractivity contribution < 1.29 is 23.5 Å². The van der Waals surface area contributed by atoms with Gasteiger partial charge in [0.25, 0.3) is 5.91 Å². The number of hydrogen-bond donors (Lipinski definition) is 1. The minimum atomic E-state index is -0.620. The number of carbonyl (C=O) groups is 2. The van der Waals surface area contributed by atoms with Gasteiger partial charge in [-0.05, 0) is 50.6 Å². The molecule has 1 aliphatic heterocycles. The van der Waals surface area contributed by atoms with Crippen molar-refractivity contribution in [2.24, 2.45) is 0 Å². The van der Waals surface area contributed by atoms with Crippen LogP contribution >= 0.6 is 11.6 Å². The zero-order valence-corrected chi connectivity index (χ0v) is 17.6. The van der Waals surface area contributed by atoms with Crippen molar-refractivity contribution >= 4 is 29.6 Å². The van der Waals surface area contributed by atoms with Gasteiger partial charge in [0.2, 0.25) is 0 Å². The molecular weight excluding hydrogens is 411 g/mol. The first-order valence-corrected chi connectivity index (χ1v) is 9.89. The maximum Gasteiger partial charge on any atom is 0.329 e. The standard InChI is InChI=1S/C22H22ClFN2O4/c1-4-29-19-11-14(9-16(23)20(19)30-13(2)3)10-18-21(27)26(22(28)25-18)12-15-7-5-6-8-17(15)24/h5-11,13H,4,12H2,1-3H3,(H,25,28)/b18-10+. The van der Waals surface area contributed by atoms with Crippen LogP contribution in [0.1, 0.15) is 31.9 Å². The fourth-order valence-electron chi connectivity index (χ4n) is 2.96. The number of imide groups is 1. The summed E-state index contributed by atoms with van der Waals surface area (Å²) >= 11 is 6.36. The van der Waals surface area contributed by atoms with Gasteiger partial charge in [-0.3, -0.25) is 9.69 Å². The molecule has 0 radical (unpaired) electrons. The predicted molar refractivity (Wildman–Crippen MR) is 112 cm³/mol. The largest absolute Gasteiger partial charge is 0.490 e. The van der Waals surface area contributed by atoms with Crippen molar-refractivity contribution in [3.05, 3.63) is 64.1 Å². The third-order valence-electron chi connectivity index (χ3n) is 4.24. The quantitative estimate of drug-likeness (QED) is 0.506. The van der Waals surface area contributed by atoms with Crippen molar-refractivity contribution in [1.82, 2.24) is 10.2 Å². The number of hydrogen-bond acceptors (Lipinski definition) is 4. The van der Waals surface area contributed by atoms with E-state index in [0.29, 0.717) is 28.7 Å². The fourth-order valence-corrected chi connectivity index (χ4v) is 3.23. The molecule has 30 heavy (non-hydrogen) atoms. The molecule has 6 nitrogen and oxygen atoms in total. The van der Waals surface area contributed by atoms with Gasteiger partial charge in [-0.1, -0.05) is 29.8 Å². The van der Waals surface area contributed by atoms with Gasteiger partial charge in [0.1, 0.15) is 11.5 Å². The number of ether oxygens (including phenoxy) is 2. The molecule has 0 atom stereocenters. The molecule has 1 N–H and O–H groups in total. The number of nitrogens with one attached hydrogen (secondary N) is 1. The highest BCUT2D eigenvalue weighted by Gasteiger charge is 2.34. The summed E-state index contributed by atoms with van der Waals surface area (Å²) in [6.45, 7) is 5.81. The summed E-state index contributed by atoms with van der Waals surface area (Å²) < 4.78 is 25.3. The van der Waals surface area contributed by atoms with Gasteiger partial charge in [-0.2, -0.15) is 0 Å². The summed E-state index contributed by atoms with van der Waals surface area (Å²) in [5.41, 5.74) is 0.863. The summed E-state index contributed by atoms with van der Waals surface area (Å²) in [7, 11) is 0. The highest BCUT2D eigenvalue weighted by Crippen LogP contribution is 2.38. The molecule has 8 heteroatoms. The monoisotopic (exact) mass is 432 g/mol. The Bertz CT molecular complexity index is 1010. The molecule has 1 saturated heterocycles. The second-order valence-electron chi connectivity index (χ2n) is 6.90. The Balaban J connectivity index is 1.88. The summed E-state index contributed by atoms with van der Waals surface area (Å²) in [5.74, 6) is -0.187. The van der Waals surface area contributed by atoms with Crippen molar-refractivity contribution in [3.8, 4) is 11.5 Å². The van der Waals surface area contributed by atoms with E-state index in [-0.39, 0.29) is 23.9 Å². The third-order valence-corrected chi connectivity index (χ3v) is 4.53. The minimum Gasteiger partial charge on any atom is -0.490 e. The molecule has 0 spiro atoms. The second kappa shape index (κ2) is 9.17. The van der Waals surface area contributed by atoms with E-state index in [2.05, 4.69) is 5.32 Å². The average molecular weight is 433 g/mol. The van der Waals surface area contributed by atoms with Gasteiger partial charge >= 0.3 is 6.03 Å². The molecule has 0 aromatic heterocycles. The van der Waals surface area contributed by atoms with Crippen LogP contribution in [-0.2, 0) is 11.3 Å². The van der Waals surface area contributed by atoms with Crippen LogP contribution in [0.4, 0.5) is 9.18 Å². The van der Waals surface area contributed by atoms with Crippen molar-refractivity contribution in [2.75, 3.05) is 6.61 Å². The van der Waals surface area contributed by atoms with Crippen molar-refractivity contribution in [3.63, 3.8) is 0 Å². The Labute approximate surface area is 179 Å². The third kappa shape index (κ3) is 4.74. The van der Waals surface area contributed by atoms with E-state index in [0.717, 1.165) is 4.90 Å². The number of rotatable bonds is 7. The first kappa shape index (κ1) is 21.6. The summed E-state index contributed by atoms with van der Waals surface area (Å²) in [5, 5.41) is 2.84. The number of carbonyl (C=O) groups excluding carboxylic acids is 2. The molecule has 2 aromatic rings. The lowest BCUT2D eigenvalue weighted by molar-refractivity contribution is -0.123. The first-order valence-electron chi connectivity index (χ1n) is 9.51. The topological polar surface area (TPSA) is 67.9 Å². The second-order valence-corrected chi connectivity index (χ2v) is 7.31. The van der Waals surface area contributed by atoms with E-state index in [4.69, 9.17) is 21.1 Å². The molecule has 1 aliphatic rings. The average Bonchev–Trinajstić information content (AvgIpc) is 2.93. The lowest BCUT2D eigenvalue weighted by atomic mass is 10.1. The predicted octanol–water partition coefficient (Wildman–Crippen LogP) is 4.76. The zero-order chi connectivity index (χ0) is 21.8. The van der Waals surface area contributed by atoms with Crippen LogP contribution in [0.15, 0.2) is 42.1 Å². The molecule has 0 saturated carbocycles. The van der Waals surface area contributed by atoms with E-state index in [1.165, 1.54) is 18.2 Å². The van der Waals surface area contributed by atoms with Crippen LogP contribution in [0, 0.1) is 5.82 Å². The van der Waals surface area contributed by atoms with Crippen LogP contribution < -0.4 is 14.8 Å². The van der Waals surface area contributed by atoms with Gasteiger partial charge < -0.3 is 14.8 Å². The molecule has 2 aromatic carbocycles. The van der Waals surface area contributed by atoms with E-state index < -0.39 is 17.8 Å². The molecule has 0 aliphatic carbocycles. The number of benzene rings is 2. The summed E-state index contributed by atoms with van der Waals surface area (Å²) in [4.78, 5) is 25.9. The zero-order valence-electron chi connectivity index (χ0n) is 16.9. The van der Waals surface area contributed by atoms with E-state index >= 15 is 0 Å². The normalized spacial score (nSPS) is 15.1. The maximum atomic E-state index is 13.9. The highest BCUT2D eigenvalue weighted by molar-refractivity contribution is 6.32. The number of urea groups is 1. The SMILES string of the molecule is CCOc1cc(/C=C2/NC(=O)N(Cc3ccccc3F)C2=O)cc(Cl)c1OC(C)C. The molecule has 3 amide bonds. The Kier molecular flexibility index (Phi) is 6.62. The minimum absolute atomic E-state index is 0.0624. The molecule has 1 heterocycles. The molecule has 1 fully saturated rings. The smallest absolute Gasteiger partial charge is 0.329 e. The lowest BCUT2D eigenvalue weighted by Gasteiger charge is -2.16. The summed E-state index contributed by atoms with van der Waals surface area (Å²) in [6.07, 6.45) is 1.39. The van der Waals surface area contributed by atoms with Gasteiger partial charge in [-0.15, -0.1) is 0 Å².